The van der Waals surface area contributed by atoms with Crippen LogP contribution in [0.25, 0.3) is 11.3 Å². The Morgan fingerprint density at radius 1 is 1.08 bits per heavy atom. The number of halogens is 2. The van der Waals surface area contributed by atoms with Crippen LogP contribution in [0.15, 0.2) is 48.7 Å². The Morgan fingerprint density at radius 2 is 1.88 bits per heavy atom. The van der Waals surface area contributed by atoms with Gasteiger partial charge in [0.15, 0.2) is 11.6 Å². The number of hydrogen-bond acceptors (Lipinski definition) is 4. The monoisotopic (exact) mass is 355 g/mol. The Labute approximate surface area is 149 Å². The lowest BCUT2D eigenvalue weighted by Crippen LogP contribution is -2.10. The molecule has 5 nitrogen and oxygen atoms in total. The highest BCUT2D eigenvalue weighted by Gasteiger charge is 2.08. The van der Waals surface area contributed by atoms with Crippen LogP contribution in [0.1, 0.15) is 5.56 Å². The second-order valence-electron chi connectivity index (χ2n) is 5.47. The van der Waals surface area contributed by atoms with Gasteiger partial charge in [-0.05, 0) is 36.4 Å². The maximum Gasteiger partial charge on any atom is 0.166 e. The normalized spacial score (nSPS) is 10.4. The molecule has 0 aliphatic carbocycles. The predicted molar refractivity (Wildman–Crippen MR) is 90.7 cm³/mol. The van der Waals surface area contributed by atoms with E-state index in [1.807, 2.05) is 6.07 Å². The van der Waals surface area contributed by atoms with Crippen LogP contribution in [0.2, 0.25) is 0 Å². The number of nitrogens with zero attached hydrogens (tertiary/aromatic N) is 3. The van der Waals surface area contributed by atoms with Crippen LogP contribution in [-0.2, 0) is 7.05 Å². The van der Waals surface area contributed by atoms with Crippen LogP contribution >= 0.6 is 0 Å². The van der Waals surface area contributed by atoms with Crippen LogP contribution in [0.5, 0.6) is 11.5 Å². The zero-order valence-electron chi connectivity index (χ0n) is 13.9. The Bertz CT molecular complexity index is 964. The summed E-state index contributed by atoms with van der Waals surface area (Å²) < 4.78 is 40.0. The fraction of sp³-hybridized carbons (Fsp3) is 0.158. The summed E-state index contributed by atoms with van der Waals surface area (Å²) in [5.74, 6) is -0.682. The molecule has 0 fully saturated rings. The highest BCUT2D eigenvalue weighted by molar-refractivity contribution is 5.61. The lowest BCUT2D eigenvalue weighted by molar-refractivity contribution is 0.211. The molecule has 7 heteroatoms. The van der Waals surface area contributed by atoms with E-state index in [1.165, 1.54) is 24.3 Å². The van der Waals surface area contributed by atoms with Gasteiger partial charge in [0.25, 0.3) is 0 Å². The fourth-order valence-corrected chi connectivity index (χ4v) is 2.45. The van der Waals surface area contributed by atoms with Gasteiger partial charge in [-0.2, -0.15) is 10.4 Å². The Hall–Kier alpha value is -3.40. The van der Waals surface area contributed by atoms with E-state index in [0.717, 1.165) is 11.8 Å². The number of aryl methyl sites for hydroxylation is 1. The van der Waals surface area contributed by atoms with E-state index in [1.54, 1.807) is 30.1 Å². The summed E-state index contributed by atoms with van der Waals surface area (Å²) in [7, 11) is 1.76. The van der Waals surface area contributed by atoms with Crippen LogP contribution in [0.4, 0.5) is 8.78 Å². The number of ether oxygens (including phenoxy) is 2. The summed E-state index contributed by atoms with van der Waals surface area (Å²) >= 11 is 0. The number of hydrogen-bond donors (Lipinski definition) is 0. The average Bonchev–Trinajstić information content (AvgIpc) is 3.05. The molecule has 0 atom stereocenters. The summed E-state index contributed by atoms with van der Waals surface area (Å²) in [6.45, 7) is 0.175. The third-order valence-corrected chi connectivity index (χ3v) is 3.66. The van der Waals surface area contributed by atoms with Crippen molar-refractivity contribution in [2.45, 2.75) is 0 Å². The van der Waals surface area contributed by atoms with Gasteiger partial charge < -0.3 is 9.47 Å². The van der Waals surface area contributed by atoms with Gasteiger partial charge in [0, 0.05) is 24.9 Å². The molecule has 3 aromatic rings. The molecular formula is C19H15F2N3O2. The molecule has 0 spiro atoms. The van der Waals surface area contributed by atoms with E-state index in [4.69, 9.17) is 14.7 Å². The lowest BCUT2D eigenvalue weighted by atomic mass is 10.1. The highest BCUT2D eigenvalue weighted by atomic mass is 19.1. The minimum atomic E-state index is -0.617. The SMILES string of the molecule is Cn1nccc1-c1cc(F)cc(OCCOc2ccc(C#N)cc2F)c1. The van der Waals surface area contributed by atoms with E-state index in [-0.39, 0.29) is 24.5 Å². The molecule has 3 rings (SSSR count). The van der Waals surface area contributed by atoms with Crippen LogP contribution in [0, 0.1) is 23.0 Å². The van der Waals surface area contributed by atoms with Gasteiger partial charge in [0.1, 0.15) is 24.8 Å². The van der Waals surface area contributed by atoms with E-state index in [0.29, 0.717) is 11.3 Å². The van der Waals surface area contributed by atoms with Crippen molar-refractivity contribution in [1.29, 1.82) is 5.26 Å². The summed E-state index contributed by atoms with van der Waals surface area (Å²) in [6.07, 6.45) is 1.63. The molecule has 0 aliphatic rings. The first kappa shape index (κ1) is 17.4. The first-order valence-corrected chi connectivity index (χ1v) is 7.81. The molecule has 2 aromatic carbocycles. The Morgan fingerprint density at radius 3 is 2.58 bits per heavy atom. The molecule has 0 saturated heterocycles. The van der Waals surface area contributed by atoms with Crippen LogP contribution < -0.4 is 9.47 Å². The standard InChI is InChI=1S/C19H15F2N3O2/c1-24-18(4-5-23-24)14-9-15(20)11-16(10-14)25-6-7-26-19-3-2-13(12-22)8-17(19)21/h2-5,8-11H,6-7H2,1H3. The molecule has 0 unspecified atom stereocenters. The third kappa shape index (κ3) is 3.98. The first-order valence-electron chi connectivity index (χ1n) is 7.81. The van der Waals surface area contributed by atoms with Crippen molar-refractivity contribution >= 4 is 0 Å². The summed E-state index contributed by atoms with van der Waals surface area (Å²) in [5.41, 5.74) is 1.61. The van der Waals surface area contributed by atoms with E-state index in [2.05, 4.69) is 5.10 Å². The molecule has 0 saturated carbocycles. The lowest BCUT2D eigenvalue weighted by Gasteiger charge is -2.11. The summed E-state index contributed by atoms with van der Waals surface area (Å²) in [4.78, 5) is 0. The van der Waals surface area contributed by atoms with E-state index < -0.39 is 11.6 Å². The first-order chi connectivity index (χ1) is 12.6. The largest absolute Gasteiger partial charge is 0.490 e. The van der Waals surface area contributed by atoms with Crippen molar-refractivity contribution in [1.82, 2.24) is 9.78 Å². The van der Waals surface area contributed by atoms with Crippen LogP contribution in [-0.4, -0.2) is 23.0 Å². The molecular weight excluding hydrogens is 340 g/mol. The zero-order valence-corrected chi connectivity index (χ0v) is 13.9. The minimum Gasteiger partial charge on any atom is -0.490 e. The summed E-state index contributed by atoms with van der Waals surface area (Å²) in [5, 5.41) is 12.8. The van der Waals surface area contributed by atoms with Crippen molar-refractivity contribution in [3.8, 4) is 28.8 Å². The van der Waals surface area contributed by atoms with Gasteiger partial charge >= 0.3 is 0 Å². The number of benzene rings is 2. The van der Waals surface area contributed by atoms with Gasteiger partial charge in [-0.3, -0.25) is 4.68 Å². The smallest absolute Gasteiger partial charge is 0.166 e. The Kier molecular flexibility index (Phi) is 5.13. The maximum atomic E-state index is 13.8. The summed E-state index contributed by atoms with van der Waals surface area (Å²) in [6, 6.07) is 11.9. The maximum absolute atomic E-state index is 13.8. The zero-order chi connectivity index (χ0) is 18.5. The topological polar surface area (TPSA) is 60.1 Å². The molecule has 1 aromatic heterocycles. The van der Waals surface area contributed by atoms with Gasteiger partial charge in [-0.1, -0.05) is 0 Å². The number of nitriles is 1. The molecule has 0 N–H and O–H groups in total. The molecule has 1 heterocycles. The van der Waals surface area contributed by atoms with E-state index in [9.17, 15) is 8.78 Å². The minimum absolute atomic E-state index is 0.0300. The van der Waals surface area contributed by atoms with Crippen molar-refractivity contribution in [3.63, 3.8) is 0 Å². The number of aromatic nitrogens is 2. The number of rotatable bonds is 6. The molecule has 0 bridgehead atoms. The van der Waals surface area contributed by atoms with E-state index >= 15 is 0 Å². The molecule has 26 heavy (non-hydrogen) atoms. The predicted octanol–water partition coefficient (Wildman–Crippen LogP) is 3.69. The quantitative estimate of drug-likeness (QED) is 0.633. The molecule has 0 amide bonds. The van der Waals surface area contributed by atoms with Gasteiger partial charge in [0.2, 0.25) is 0 Å². The third-order valence-electron chi connectivity index (χ3n) is 3.66. The highest BCUT2D eigenvalue weighted by Crippen LogP contribution is 2.25. The van der Waals surface area contributed by atoms with Gasteiger partial charge in [-0.25, -0.2) is 8.78 Å². The molecule has 0 radical (unpaired) electrons. The Balaban J connectivity index is 1.61. The second-order valence-corrected chi connectivity index (χ2v) is 5.47. The van der Waals surface area contributed by atoms with Crippen molar-refractivity contribution in [3.05, 3.63) is 65.9 Å². The van der Waals surface area contributed by atoms with Gasteiger partial charge in [0.05, 0.1) is 17.3 Å². The van der Waals surface area contributed by atoms with Gasteiger partial charge in [-0.15, -0.1) is 0 Å². The average molecular weight is 355 g/mol. The van der Waals surface area contributed by atoms with Crippen LogP contribution in [0.3, 0.4) is 0 Å². The van der Waals surface area contributed by atoms with Crippen molar-refractivity contribution in [2.75, 3.05) is 13.2 Å². The van der Waals surface area contributed by atoms with Crippen molar-refractivity contribution in [2.24, 2.45) is 7.05 Å². The fourth-order valence-electron chi connectivity index (χ4n) is 2.45. The second kappa shape index (κ2) is 7.66. The molecule has 132 valence electrons. The molecule has 0 aliphatic heterocycles. The van der Waals surface area contributed by atoms with Crippen molar-refractivity contribution < 1.29 is 18.3 Å².